The van der Waals surface area contributed by atoms with Gasteiger partial charge in [-0.15, -0.1) is 0 Å². The smallest absolute Gasteiger partial charge is 0.354 e. The van der Waals surface area contributed by atoms with E-state index < -0.39 is 5.97 Å². The molecule has 1 atom stereocenters. The molecule has 1 fully saturated rings. The number of carbonyl (C=O) groups is 1. The van der Waals surface area contributed by atoms with Gasteiger partial charge in [0.2, 0.25) is 0 Å². The molecule has 5 aromatic rings. The molecule has 0 radical (unpaired) electrons. The Bertz CT molecular complexity index is 1580. The molecule has 1 aliphatic rings. The van der Waals surface area contributed by atoms with Crippen molar-refractivity contribution in [1.29, 1.82) is 0 Å². The Hall–Kier alpha value is -4.33. The van der Waals surface area contributed by atoms with Crippen LogP contribution >= 0.6 is 0 Å². The number of aromatic carboxylic acids is 1. The second kappa shape index (κ2) is 9.28. The standard InChI is InChI=1S/C29H27N5O3/c1-17-26(18(2)37-33-17)21-13-22-23(20-10-12-31-25(14-20)29(35)36)16-34(28(22)32-15-21)27(19-7-3-4-8-19)24-9-5-6-11-30-24/h5-6,9-16,19,27H,3-4,7-8H2,1-2H3,(H,35,36). The Labute approximate surface area is 214 Å². The minimum atomic E-state index is -1.06. The molecule has 1 N–H and O–H groups in total. The van der Waals surface area contributed by atoms with Crippen LogP contribution in [0.5, 0.6) is 0 Å². The van der Waals surface area contributed by atoms with E-state index in [1.54, 1.807) is 12.3 Å². The molecule has 1 aliphatic carbocycles. The van der Waals surface area contributed by atoms with E-state index in [2.05, 4.69) is 33.0 Å². The zero-order valence-corrected chi connectivity index (χ0v) is 20.8. The third kappa shape index (κ3) is 4.08. The number of carboxylic acid groups (broad SMARTS) is 1. The van der Waals surface area contributed by atoms with E-state index in [-0.39, 0.29) is 11.7 Å². The first-order chi connectivity index (χ1) is 18.0. The minimum Gasteiger partial charge on any atom is -0.477 e. The van der Waals surface area contributed by atoms with E-state index >= 15 is 0 Å². The molecule has 6 rings (SSSR count). The molecule has 5 aromatic heterocycles. The van der Waals surface area contributed by atoms with Crippen molar-refractivity contribution in [2.45, 2.75) is 45.6 Å². The van der Waals surface area contributed by atoms with Gasteiger partial charge < -0.3 is 14.2 Å². The van der Waals surface area contributed by atoms with Gasteiger partial charge >= 0.3 is 5.97 Å². The molecule has 8 nitrogen and oxygen atoms in total. The van der Waals surface area contributed by atoms with Gasteiger partial charge in [0, 0.05) is 46.9 Å². The topological polar surface area (TPSA) is 107 Å². The molecule has 0 saturated heterocycles. The molecule has 0 aliphatic heterocycles. The summed E-state index contributed by atoms with van der Waals surface area (Å²) in [5, 5.41) is 14.6. The number of aryl methyl sites for hydroxylation is 2. The van der Waals surface area contributed by atoms with Gasteiger partial charge in [-0.2, -0.15) is 0 Å². The summed E-state index contributed by atoms with van der Waals surface area (Å²) in [6.45, 7) is 3.81. The SMILES string of the molecule is Cc1noc(C)c1-c1cnc2c(c1)c(-c1ccnc(C(=O)O)c1)cn2C(c1ccccn1)C1CCCC1. The van der Waals surface area contributed by atoms with Crippen LogP contribution in [0.2, 0.25) is 0 Å². The second-order valence-corrected chi connectivity index (χ2v) is 9.72. The second-order valence-electron chi connectivity index (χ2n) is 9.72. The Kier molecular flexibility index (Phi) is 5.79. The number of pyridine rings is 3. The van der Waals surface area contributed by atoms with Crippen molar-refractivity contribution < 1.29 is 14.4 Å². The number of fused-ring (bicyclic) bond motifs is 1. The number of nitrogens with zero attached hydrogens (tertiary/aromatic N) is 5. The van der Waals surface area contributed by atoms with Gasteiger partial charge in [0.25, 0.3) is 0 Å². The molecule has 37 heavy (non-hydrogen) atoms. The summed E-state index contributed by atoms with van der Waals surface area (Å²) in [5.74, 6) is 0.112. The molecular formula is C29H27N5O3. The fourth-order valence-corrected chi connectivity index (χ4v) is 5.76. The van der Waals surface area contributed by atoms with Gasteiger partial charge in [0.05, 0.1) is 17.4 Å². The predicted molar refractivity (Wildman–Crippen MR) is 139 cm³/mol. The fraction of sp³-hybridized carbons (Fsp3) is 0.276. The average molecular weight is 494 g/mol. The maximum atomic E-state index is 11.7. The third-order valence-corrected chi connectivity index (χ3v) is 7.42. The largest absolute Gasteiger partial charge is 0.477 e. The van der Waals surface area contributed by atoms with Crippen molar-refractivity contribution in [1.82, 2.24) is 24.7 Å². The average Bonchev–Trinajstić information content (AvgIpc) is 3.65. The van der Waals surface area contributed by atoms with Gasteiger partial charge in [-0.25, -0.2) is 14.8 Å². The molecule has 0 aromatic carbocycles. The summed E-state index contributed by atoms with van der Waals surface area (Å²) in [4.78, 5) is 25.5. The minimum absolute atomic E-state index is 0.00491. The lowest BCUT2D eigenvalue weighted by Gasteiger charge is -2.25. The van der Waals surface area contributed by atoms with E-state index in [9.17, 15) is 9.90 Å². The van der Waals surface area contributed by atoms with Crippen molar-refractivity contribution in [3.8, 4) is 22.3 Å². The van der Waals surface area contributed by atoms with Gasteiger partial charge in [-0.05, 0) is 68.5 Å². The Balaban J connectivity index is 1.61. The molecule has 5 heterocycles. The highest BCUT2D eigenvalue weighted by atomic mass is 16.5. The zero-order chi connectivity index (χ0) is 25.5. The third-order valence-electron chi connectivity index (χ3n) is 7.42. The van der Waals surface area contributed by atoms with Gasteiger partial charge in [-0.3, -0.25) is 4.98 Å². The Morgan fingerprint density at radius 2 is 1.89 bits per heavy atom. The molecule has 8 heteroatoms. The maximum Gasteiger partial charge on any atom is 0.354 e. The highest BCUT2D eigenvalue weighted by Crippen LogP contribution is 2.42. The molecule has 0 spiro atoms. The number of carboxylic acids is 1. The fourth-order valence-electron chi connectivity index (χ4n) is 5.76. The normalized spacial score (nSPS) is 14.9. The van der Waals surface area contributed by atoms with Crippen molar-refractivity contribution >= 4 is 17.0 Å². The predicted octanol–water partition coefficient (Wildman–Crippen LogP) is 6.24. The van der Waals surface area contributed by atoms with Gasteiger partial charge in [0.1, 0.15) is 17.1 Å². The van der Waals surface area contributed by atoms with Crippen molar-refractivity contribution in [2.24, 2.45) is 5.92 Å². The molecule has 0 amide bonds. The quantitative estimate of drug-likeness (QED) is 0.298. The summed E-state index contributed by atoms with van der Waals surface area (Å²) in [6.07, 6.45) is 12.0. The summed E-state index contributed by atoms with van der Waals surface area (Å²) < 4.78 is 7.66. The van der Waals surface area contributed by atoms with Crippen molar-refractivity contribution in [3.63, 3.8) is 0 Å². The van der Waals surface area contributed by atoms with Crippen LogP contribution in [0.15, 0.2) is 65.7 Å². The lowest BCUT2D eigenvalue weighted by molar-refractivity contribution is 0.0690. The Morgan fingerprint density at radius 1 is 1.05 bits per heavy atom. The number of rotatable bonds is 6. The van der Waals surface area contributed by atoms with Crippen LogP contribution in [0.3, 0.4) is 0 Å². The van der Waals surface area contributed by atoms with E-state index in [1.165, 1.54) is 12.8 Å². The number of hydrogen-bond donors (Lipinski definition) is 1. The van der Waals surface area contributed by atoms with E-state index in [0.29, 0.717) is 5.92 Å². The molecular weight excluding hydrogens is 466 g/mol. The first-order valence-electron chi connectivity index (χ1n) is 12.6. The van der Waals surface area contributed by atoms with Crippen LogP contribution in [0.1, 0.15) is 59.4 Å². The first-order valence-corrected chi connectivity index (χ1v) is 12.6. The molecule has 186 valence electrons. The highest BCUT2D eigenvalue weighted by Gasteiger charge is 2.31. The van der Waals surface area contributed by atoms with Gasteiger partial charge in [0.15, 0.2) is 0 Å². The summed E-state index contributed by atoms with van der Waals surface area (Å²) >= 11 is 0. The molecule has 0 bridgehead atoms. The van der Waals surface area contributed by atoms with E-state index in [0.717, 1.165) is 63.3 Å². The van der Waals surface area contributed by atoms with E-state index in [4.69, 9.17) is 14.5 Å². The maximum absolute atomic E-state index is 11.7. The van der Waals surface area contributed by atoms with Crippen LogP contribution in [-0.2, 0) is 0 Å². The van der Waals surface area contributed by atoms with Crippen LogP contribution in [0.4, 0.5) is 0 Å². The summed E-state index contributed by atoms with van der Waals surface area (Å²) in [6, 6.07) is 11.6. The first kappa shape index (κ1) is 23.1. The van der Waals surface area contributed by atoms with Gasteiger partial charge in [-0.1, -0.05) is 24.1 Å². The van der Waals surface area contributed by atoms with Crippen LogP contribution in [0, 0.1) is 19.8 Å². The summed E-state index contributed by atoms with van der Waals surface area (Å²) in [7, 11) is 0. The lowest BCUT2D eigenvalue weighted by Crippen LogP contribution is -2.19. The zero-order valence-electron chi connectivity index (χ0n) is 20.8. The van der Waals surface area contributed by atoms with Crippen LogP contribution in [0.25, 0.3) is 33.3 Å². The van der Waals surface area contributed by atoms with Crippen LogP contribution < -0.4 is 0 Å². The molecule has 1 saturated carbocycles. The van der Waals surface area contributed by atoms with Crippen molar-refractivity contribution in [3.05, 3.63) is 84.0 Å². The number of hydrogen-bond acceptors (Lipinski definition) is 6. The molecule has 1 unspecified atom stereocenters. The Morgan fingerprint density at radius 3 is 2.59 bits per heavy atom. The lowest BCUT2D eigenvalue weighted by atomic mass is 9.94. The van der Waals surface area contributed by atoms with Crippen molar-refractivity contribution in [2.75, 3.05) is 0 Å². The monoisotopic (exact) mass is 493 g/mol. The number of aromatic nitrogens is 5. The highest BCUT2D eigenvalue weighted by molar-refractivity contribution is 5.98. The van der Waals surface area contributed by atoms with E-state index in [1.807, 2.05) is 44.4 Å². The summed E-state index contributed by atoms with van der Waals surface area (Å²) in [5.41, 5.74) is 6.16. The van der Waals surface area contributed by atoms with Crippen LogP contribution in [-0.4, -0.2) is 35.8 Å².